The number of aromatic nitrogens is 2. The molecular formula is C18H24N4OS. The third-order valence-electron chi connectivity index (χ3n) is 4.57. The highest BCUT2D eigenvalue weighted by atomic mass is 32.1. The topological polar surface area (TPSA) is 58.1 Å². The van der Waals surface area contributed by atoms with Crippen LogP contribution < -0.4 is 5.32 Å². The minimum Gasteiger partial charge on any atom is -0.372 e. The van der Waals surface area contributed by atoms with Gasteiger partial charge in [-0.3, -0.25) is 9.78 Å². The van der Waals surface area contributed by atoms with Crippen LogP contribution in [0.5, 0.6) is 0 Å². The average Bonchev–Trinajstić information content (AvgIpc) is 3.00. The van der Waals surface area contributed by atoms with Crippen LogP contribution in [0.15, 0.2) is 29.9 Å². The lowest BCUT2D eigenvalue weighted by atomic mass is 9.95. The second-order valence-corrected chi connectivity index (χ2v) is 7.31. The second kappa shape index (κ2) is 8.24. The lowest BCUT2D eigenvalue weighted by Crippen LogP contribution is -2.33. The molecule has 3 heterocycles. The summed E-state index contributed by atoms with van der Waals surface area (Å²) in [5.74, 6) is 1.64. The van der Waals surface area contributed by atoms with E-state index < -0.39 is 0 Å². The van der Waals surface area contributed by atoms with E-state index in [4.69, 9.17) is 0 Å². The molecule has 1 atom stereocenters. The maximum absolute atomic E-state index is 12.5. The van der Waals surface area contributed by atoms with Gasteiger partial charge in [-0.25, -0.2) is 4.98 Å². The van der Waals surface area contributed by atoms with Crippen molar-refractivity contribution in [2.45, 2.75) is 32.1 Å². The number of nitrogens with zero attached hydrogens (tertiary/aromatic N) is 3. The Morgan fingerprint density at radius 2 is 2.25 bits per heavy atom. The van der Waals surface area contributed by atoms with Crippen LogP contribution in [-0.2, 0) is 17.6 Å². The number of likely N-dealkylation sites (tertiary alicyclic amines) is 1. The average molecular weight is 344 g/mol. The van der Waals surface area contributed by atoms with Gasteiger partial charge in [0.05, 0.1) is 24.5 Å². The molecule has 1 aliphatic heterocycles. The number of hydrogen-bond acceptors (Lipinski definition) is 5. The van der Waals surface area contributed by atoms with Crippen molar-refractivity contribution in [3.05, 3.63) is 40.5 Å². The maximum atomic E-state index is 12.5. The molecule has 2 aromatic rings. The Hall–Kier alpha value is -1.95. The van der Waals surface area contributed by atoms with Gasteiger partial charge in [0.25, 0.3) is 0 Å². The summed E-state index contributed by atoms with van der Waals surface area (Å²) in [6, 6.07) is 4.04. The van der Waals surface area contributed by atoms with Crippen LogP contribution in [0, 0.1) is 5.92 Å². The van der Waals surface area contributed by atoms with Gasteiger partial charge in [-0.1, -0.05) is 6.07 Å². The van der Waals surface area contributed by atoms with E-state index in [1.165, 1.54) is 0 Å². The molecule has 1 N–H and O–H groups in total. The molecule has 0 spiro atoms. The molecule has 1 fully saturated rings. The van der Waals surface area contributed by atoms with Crippen molar-refractivity contribution in [2.24, 2.45) is 5.92 Å². The minimum atomic E-state index is 0.260. The summed E-state index contributed by atoms with van der Waals surface area (Å²) in [5, 5.41) is 5.02. The molecule has 1 amide bonds. The Balaban J connectivity index is 1.51. The van der Waals surface area contributed by atoms with E-state index in [9.17, 15) is 4.79 Å². The molecule has 6 heteroatoms. The molecule has 1 aliphatic rings. The number of carbonyl (C=O) groups excluding carboxylic acids is 1. The first kappa shape index (κ1) is 16.9. The van der Waals surface area contributed by atoms with Gasteiger partial charge >= 0.3 is 0 Å². The number of rotatable bonds is 5. The number of anilines is 1. The largest absolute Gasteiger partial charge is 0.372 e. The molecule has 128 valence electrons. The Kier molecular flexibility index (Phi) is 5.80. The zero-order valence-electron chi connectivity index (χ0n) is 14.1. The number of amides is 1. The molecule has 2 aromatic heterocycles. The summed E-state index contributed by atoms with van der Waals surface area (Å²) >= 11 is 1.66. The summed E-state index contributed by atoms with van der Waals surface area (Å²) in [6.07, 6.45) is 8.40. The van der Waals surface area contributed by atoms with E-state index in [2.05, 4.69) is 15.3 Å². The minimum absolute atomic E-state index is 0.260. The van der Waals surface area contributed by atoms with Crippen molar-refractivity contribution < 1.29 is 4.79 Å². The van der Waals surface area contributed by atoms with Gasteiger partial charge in [0.1, 0.15) is 5.82 Å². The van der Waals surface area contributed by atoms with Crippen LogP contribution in [0.4, 0.5) is 5.82 Å². The van der Waals surface area contributed by atoms with Crippen molar-refractivity contribution in [1.82, 2.24) is 14.9 Å². The number of nitrogens with one attached hydrogen (secondary N) is 1. The van der Waals surface area contributed by atoms with E-state index in [1.807, 2.05) is 35.7 Å². The lowest BCUT2D eigenvalue weighted by Gasteiger charge is -2.20. The monoisotopic (exact) mass is 344 g/mol. The van der Waals surface area contributed by atoms with Crippen LogP contribution in [0.1, 0.15) is 29.8 Å². The molecule has 5 nitrogen and oxygen atoms in total. The van der Waals surface area contributed by atoms with E-state index in [1.54, 1.807) is 17.5 Å². The molecule has 0 saturated carbocycles. The zero-order valence-corrected chi connectivity index (χ0v) is 14.9. The van der Waals surface area contributed by atoms with Crippen LogP contribution >= 0.6 is 11.3 Å². The molecular weight excluding hydrogens is 320 g/mol. The summed E-state index contributed by atoms with van der Waals surface area (Å²) in [4.78, 5) is 24.5. The molecule has 0 aromatic carbocycles. The third kappa shape index (κ3) is 4.54. The Morgan fingerprint density at radius 3 is 2.96 bits per heavy atom. The highest BCUT2D eigenvalue weighted by Gasteiger charge is 2.21. The molecule has 0 radical (unpaired) electrons. The van der Waals surface area contributed by atoms with Crippen molar-refractivity contribution in [3.63, 3.8) is 0 Å². The van der Waals surface area contributed by atoms with Crippen molar-refractivity contribution >= 4 is 23.1 Å². The van der Waals surface area contributed by atoms with E-state index in [0.717, 1.165) is 55.2 Å². The summed E-state index contributed by atoms with van der Waals surface area (Å²) in [7, 11) is 1.84. The van der Waals surface area contributed by atoms with Crippen molar-refractivity contribution in [3.8, 4) is 0 Å². The molecule has 3 rings (SSSR count). The van der Waals surface area contributed by atoms with E-state index >= 15 is 0 Å². The van der Waals surface area contributed by atoms with Gasteiger partial charge in [0, 0.05) is 25.0 Å². The zero-order chi connectivity index (χ0) is 16.8. The number of hydrogen-bond donors (Lipinski definition) is 1. The van der Waals surface area contributed by atoms with Gasteiger partial charge < -0.3 is 10.2 Å². The van der Waals surface area contributed by atoms with Crippen LogP contribution in [0.3, 0.4) is 0 Å². The van der Waals surface area contributed by atoms with Crippen molar-refractivity contribution in [2.75, 3.05) is 25.5 Å². The Labute approximate surface area is 147 Å². The first-order chi connectivity index (χ1) is 11.7. The van der Waals surface area contributed by atoms with Crippen LogP contribution in [0.25, 0.3) is 0 Å². The first-order valence-electron chi connectivity index (χ1n) is 8.53. The lowest BCUT2D eigenvalue weighted by molar-refractivity contribution is -0.130. The predicted molar refractivity (Wildman–Crippen MR) is 97.2 cm³/mol. The summed E-state index contributed by atoms with van der Waals surface area (Å²) in [6.45, 7) is 1.74. The van der Waals surface area contributed by atoms with Gasteiger partial charge in [-0.15, -0.1) is 11.3 Å². The molecule has 0 bridgehead atoms. The Morgan fingerprint density at radius 1 is 1.33 bits per heavy atom. The van der Waals surface area contributed by atoms with Gasteiger partial charge in [0.15, 0.2) is 0 Å². The van der Waals surface area contributed by atoms with Gasteiger partial charge in [0.2, 0.25) is 5.91 Å². The maximum Gasteiger partial charge on any atom is 0.227 e. The molecule has 0 unspecified atom stereocenters. The third-order valence-corrected chi connectivity index (χ3v) is 5.44. The number of carbonyl (C=O) groups is 1. The highest BCUT2D eigenvalue weighted by Crippen LogP contribution is 2.22. The predicted octanol–water partition coefficient (Wildman–Crippen LogP) is 2.99. The fraction of sp³-hybridized carbons (Fsp3) is 0.500. The molecule has 24 heavy (non-hydrogen) atoms. The quantitative estimate of drug-likeness (QED) is 0.906. The first-order valence-corrected chi connectivity index (χ1v) is 9.41. The fourth-order valence-electron chi connectivity index (χ4n) is 3.18. The molecule has 0 aliphatic carbocycles. The molecule has 1 saturated heterocycles. The SMILES string of the molecule is CNc1cnc(C[C@@H]2CCCN(C(=O)Cc3cccs3)CC2)cn1. The highest BCUT2D eigenvalue weighted by molar-refractivity contribution is 7.10. The fourth-order valence-corrected chi connectivity index (χ4v) is 3.87. The van der Waals surface area contributed by atoms with Gasteiger partial charge in [-0.05, 0) is 43.0 Å². The van der Waals surface area contributed by atoms with Crippen LogP contribution in [-0.4, -0.2) is 40.9 Å². The summed E-state index contributed by atoms with van der Waals surface area (Å²) in [5.41, 5.74) is 1.04. The van der Waals surface area contributed by atoms with Crippen LogP contribution in [0.2, 0.25) is 0 Å². The summed E-state index contributed by atoms with van der Waals surface area (Å²) < 4.78 is 0. The standard InChI is InChI=1S/C18H24N4OS/c1-19-17-13-20-15(12-21-17)10-14-4-2-7-22(8-6-14)18(23)11-16-5-3-9-24-16/h3,5,9,12-14H,2,4,6-8,10-11H2,1H3,(H,19,21)/t14-/m1/s1. The second-order valence-electron chi connectivity index (χ2n) is 6.28. The van der Waals surface area contributed by atoms with Gasteiger partial charge in [-0.2, -0.15) is 0 Å². The smallest absolute Gasteiger partial charge is 0.227 e. The number of thiophene rings is 1. The van der Waals surface area contributed by atoms with E-state index in [-0.39, 0.29) is 5.91 Å². The Bertz CT molecular complexity index is 642. The van der Waals surface area contributed by atoms with E-state index in [0.29, 0.717) is 12.3 Å². The van der Waals surface area contributed by atoms with Crippen molar-refractivity contribution in [1.29, 1.82) is 0 Å². The normalized spacial score (nSPS) is 18.2.